The Morgan fingerprint density at radius 1 is 1.22 bits per heavy atom. The van der Waals surface area contributed by atoms with Gasteiger partial charge in [-0.15, -0.1) is 10.2 Å². The summed E-state index contributed by atoms with van der Waals surface area (Å²) in [5.41, 5.74) is 0.163. The lowest BCUT2D eigenvalue weighted by molar-refractivity contribution is -0.144. The number of hydrogen-bond donors (Lipinski definition) is 1. The predicted octanol–water partition coefficient (Wildman–Crippen LogP) is 2.91. The van der Waals surface area contributed by atoms with Crippen LogP contribution >= 0.6 is 0 Å². The van der Waals surface area contributed by atoms with Gasteiger partial charge in [-0.25, -0.2) is 0 Å². The summed E-state index contributed by atoms with van der Waals surface area (Å²) in [7, 11) is 1.58. The van der Waals surface area contributed by atoms with Crippen molar-refractivity contribution in [3.8, 4) is 17.3 Å². The molecule has 3 aromatic rings. The molecule has 37 heavy (non-hydrogen) atoms. The summed E-state index contributed by atoms with van der Waals surface area (Å²) in [5, 5.41) is 15.4. The van der Waals surface area contributed by atoms with Gasteiger partial charge in [0, 0.05) is 18.7 Å². The van der Waals surface area contributed by atoms with E-state index in [0.29, 0.717) is 23.7 Å². The van der Waals surface area contributed by atoms with E-state index in [4.69, 9.17) is 13.9 Å². The number of carbonyl (C=O) groups excluding carboxylic acids is 2. The molecular formula is C26H34N6O5. The van der Waals surface area contributed by atoms with Crippen LogP contribution in [0.4, 0.5) is 0 Å². The third-order valence-electron chi connectivity index (χ3n) is 5.92. The SMILES string of the molecule is COc1ccc(C(C(=O)NC(C)(C)C)N(CC2CCCO2)C(=O)Cn2nnc(-c3ccc(C)o3)n2)cc1. The number of ether oxygens (including phenoxy) is 2. The van der Waals surface area contributed by atoms with E-state index < -0.39 is 11.6 Å². The van der Waals surface area contributed by atoms with Crippen LogP contribution in [0.15, 0.2) is 40.8 Å². The molecule has 1 fully saturated rings. The number of amides is 2. The second kappa shape index (κ2) is 11.1. The molecule has 1 aromatic carbocycles. The van der Waals surface area contributed by atoms with Gasteiger partial charge in [0.25, 0.3) is 0 Å². The van der Waals surface area contributed by atoms with E-state index in [9.17, 15) is 9.59 Å². The lowest BCUT2D eigenvalue weighted by Gasteiger charge is -2.35. The van der Waals surface area contributed by atoms with E-state index in [1.165, 1.54) is 4.80 Å². The van der Waals surface area contributed by atoms with E-state index in [1.54, 1.807) is 48.4 Å². The molecule has 4 rings (SSSR count). The normalized spacial score (nSPS) is 16.4. The van der Waals surface area contributed by atoms with Crippen LogP contribution in [0.1, 0.15) is 51.0 Å². The van der Waals surface area contributed by atoms with E-state index in [2.05, 4.69) is 20.7 Å². The first kappa shape index (κ1) is 26.3. The lowest BCUT2D eigenvalue weighted by atomic mass is 10.0. The fraction of sp³-hybridized carbons (Fsp3) is 0.500. The van der Waals surface area contributed by atoms with Crippen LogP contribution in [-0.2, 0) is 20.9 Å². The van der Waals surface area contributed by atoms with Crippen molar-refractivity contribution in [2.75, 3.05) is 20.3 Å². The van der Waals surface area contributed by atoms with Gasteiger partial charge in [0.05, 0.1) is 13.2 Å². The summed E-state index contributed by atoms with van der Waals surface area (Å²) in [6, 6.07) is 9.81. The van der Waals surface area contributed by atoms with Crippen molar-refractivity contribution in [1.82, 2.24) is 30.4 Å². The summed E-state index contributed by atoms with van der Waals surface area (Å²) < 4.78 is 16.7. The molecule has 1 aliphatic heterocycles. The fourth-order valence-corrected chi connectivity index (χ4v) is 4.23. The van der Waals surface area contributed by atoms with Crippen LogP contribution in [0.3, 0.4) is 0 Å². The van der Waals surface area contributed by atoms with Gasteiger partial charge in [-0.2, -0.15) is 4.80 Å². The molecular weight excluding hydrogens is 476 g/mol. The van der Waals surface area contributed by atoms with Gasteiger partial charge >= 0.3 is 0 Å². The van der Waals surface area contributed by atoms with Gasteiger partial charge in [0.1, 0.15) is 24.1 Å². The average Bonchev–Trinajstić information content (AvgIpc) is 3.60. The van der Waals surface area contributed by atoms with E-state index >= 15 is 0 Å². The molecule has 2 aromatic heterocycles. The summed E-state index contributed by atoms with van der Waals surface area (Å²) in [5.74, 6) is 1.50. The van der Waals surface area contributed by atoms with Crippen molar-refractivity contribution in [2.45, 2.75) is 64.8 Å². The monoisotopic (exact) mass is 510 g/mol. The summed E-state index contributed by atoms with van der Waals surface area (Å²) in [4.78, 5) is 30.2. The highest BCUT2D eigenvalue weighted by molar-refractivity contribution is 5.89. The molecule has 2 unspecified atom stereocenters. The van der Waals surface area contributed by atoms with Crippen LogP contribution in [0.5, 0.6) is 5.75 Å². The maximum atomic E-state index is 13.8. The second-order valence-corrected chi connectivity index (χ2v) is 10.1. The number of carbonyl (C=O) groups is 2. The van der Waals surface area contributed by atoms with Crippen LogP contribution < -0.4 is 10.1 Å². The second-order valence-electron chi connectivity index (χ2n) is 10.1. The maximum absolute atomic E-state index is 13.8. The minimum absolute atomic E-state index is 0.169. The topological polar surface area (TPSA) is 125 Å². The number of rotatable bonds is 9. The third-order valence-corrected chi connectivity index (χ3v) is 5.92. The van der Waals surface area contributed by atoms with Crippen molar-refractivity contribution >= 4 is 11.8 Å². The minimum atomic E-state index is -0.891. The van der Waals surface area contributed by atoms with Gasteiger partial charge in [-0.1, -0.05) is 12.1 Å². The van der Waals surface area contributed by atoms with Gasteiger partial charge in [-0.3, -0.25) is 9.59 Å². The van der Waals surface area contributed by atoms with Crippen molar-refractivity contribution in [3.63, 3.8) is 0 Å². The number of tetrazole rings is 1. The maximum Gasteiger partial charge on any atom is 0.247 e. The van der Waals surface area contributed by atoms with E-state index in [-0.39, 0.29) is 36.8 Å². The van der Waals surface area contributed by atoms with Crippen molar-refractivity contribution < 1.29 is 23.5 Å². The molecule has 3 heterocycles. The number of aryl methyl sites for hydroxylation is 1. The van der Waals surface area contributed by atoms with Gasteiger partial charge in [-0.05, 0) is 75.6 Å². The van der Waals surface area contributed by atoms with Gasteiger partial charge < -0.3 is 24.1 Å². The van der Waals surface area contributed by atoms with E-state index in [0.717, 1.165) is 18.6 Å². The Balaban J connectivity index is 1.65. The summed E-state index contributed by atoms with van der Waals surface area (Å²) >= 11 is 0. The first-order valence-corrected chi connectivity index (χ1v) is 12.3. The van der Waals surface area contributed by atoms with Crippen molar-refractivity contribution in [2.24, 2.45) is 0 Å². The molecule has 0 radical (unpaired) electrons. The standard InChI is InChI=1S/C26H34N6O5/c1-17-8-13-21(37-17)24-28-30-32(29-24)16-22(33)31(15-20-7-6-14-36-20)23(25(34)27-26(2,3)4)18-9-11-19(35-5)12-10-18/h8-13,20,23H,6-7,14-16H2,1-5H3,(H,27,34). The molecule has 0 saturated carbocycles. The predicted molar refractivity (Wildman–Crippen MR) is 135 cm³/mol. The number of nitrogens with one attached hydrogen (secondary N) is 1. The molecule has 11 heteroatoms. The van der Waals surface area contributed by atoms with Crippen molar-refractivity contribution in [3.05, 3.63) is 47.7 Å². The molecule has 0 aliphatic carbocycles. The van der Waals surface area contributed by atoms with E-state index in [1.807, 2.05) is 27.7 Å². The third kappa shape index (κ3) is 6.73. The number of hydrogen-bond acceptors (Lipinski definition) is 8. The van der Waals surface area contributed by atoms with Crippen LogP contribution in [-0.4, -0.2) is 68.8 Å². The number of methoxy groups -OCH3 is 1. The summed E-state index contributed by atoms with van der Waals surface area (Å²) in [6.45, 7) is 8.21. The Morgan fingerprint density at radius 3 is 2.57 bits per heavy atom. The Hall–Kier alpha value is -3.73. The number of furan rings is 1. The molecule has 1 N–H and O–H groups in total. The van der Waals surface area contributed by atoms with Crippen molar-refractivity contribution in [1.29, 1.82) is 0 Å². The minimum Gasteiger partial charge on any atom is -0.497 e. The molecule has 198 valence electrons. The first-order valence-electron chi connectivity index (χ1n) is 12.3. The zero-order valence-corrected chi connectivity index (χ0v) is 21.9. The Morgan fingerprint density at radius 2 is 1.97 bits per heavy atom. The lowest BCUT2D eigenvalue weighted by Crippen LogP contribution is -2.51. The highest BCUT2D eigenvalue weighted by Gasteiger charge is 2.36. The molecule has 0 spiro atoms. The Bertz CT molecular complexity index is 1210. The fourth-order valence-electron chi connectivity index (χ4n) is 4.23. The molecule has 0 bridgehead atoms. The van der Waals surface area contributed by atoms with Gasteiger partial charge in [0.15, 0.2) is 5.76 Å². The molecule has 2 amide bonds. The number of aromatic nitrogens is 4. The first-order chi connectivity index (χ1) is 17.6. The highest BCUT2D eigenvalue weighted by Crippen LogP contribution is 2.27. The smallest absolute Gasteiger partial charge is 0.247 e. The molecule has 1 aliphatic rings. The zero-order valence-electron chi connectivity index (χ0n) is 21.9. The van der Waals surface area contributed by atoms with Gasteiger partial charge in [0.2, 0.25) is 17.6 Å². The molecule has 1 saturated heterocycles. The summed E-state index contributed by atoms with van der Waals surface area (Å²) in [6.07, 6.45) is 1.55. The quantitative estimate of drug-likeness (QED) is 0.466. The largest absolute Gasteiger partial charge is 0.497 e. The Labute approximate surface area is 216 Å². The zero-order chi connectivity index (χ0) is 26.6. The highest BCUT2D eigenvalue weighted by atomic mass is 16.5. The number of nitrogens with zero attached hydrogens (tertiary/aromatic N) is 5. The Kier molecular flexibility index (Phi) is 7.91. The van der Waals surface area contributed by atoms with Crippen LogP contribution in [0.2, 0.25) is 0 Å². The molecule has 2 atom stereocenters. The van der Waals surface area contributed by atoms with Crippen LogP contribution in [0, 0.1) is 6.92 Å². The van der Waals surface area contributed by atoms with Crippen LogP contribution in [0.25, 0.3) is 11.6 Å². The number of benzene rings is 1. The molecule has 11 nitrogen and oxygen atoms in total. The average molecular weight is 511 g/mol.